The summed E-state index contributed by atoms with van der Waals surface area (Å²) in [6.45, 7) is 0.503. The zero-order chi connectivity index (χ0) is 32.5. The van der Waals surface area contributed by atoms with E-state index in [4.69, 9.17) is 11.6 Å². The lowest BCUT2D eigenvalue weighted by Crippen LogP contribution is -2.50. The number of sulfone groups is 1. The van der Waals surface area contributed by atoms with Crippen molar-refractivity contribution in [3.05, 3.63) is 85.4 Å². The summed E-state index contributed by atoms with van der Waals surface area (Å²) < 4.78 is 39.7. The summed E-state index contributed by atoms with van der Waals surface area (Å²) in [5.74, 6) is -1.56. The number of nitrogens with zero attached hydrogens (tertiary/aromatic N) is 4. The van der Waals surface area contributed by atoms with E-state index in [-0.39, 0.29) is 34.0 Å². The summed E-state index contributed by atoms with van der Waals surface area (Å²) in [5.41, 5.74) is 0.426. The average Bonchev–Trinajstić information content (AvgIpc) is 3.17. The molecule has 2 aliphatic rings. The fourth-order valence-corrected chi connectivity index (χ4v) is 7.15. The van der Waals surface area contributed by atoms with E-state index in [0.717, 1.165) is 38.3 Å². The number of piperidine rings is 1. The van der Waals surface area contributed by atoms with Crippen LogP contribution in [0, 0.1) is 5.82 Å². The second-order valence-electron chi connectivity index (χ2n) is 11.4. The molecular weight excluding hydrogens is 643 g/mol. The molecule has 0 N–H and O–H groups in total. The number of thioether (sulfide) groups is 1. The van der Waals surface area contributed by atoms with Crippen LogP contribution in [0.2, 0.25) is 5.02 Å². The second-order valence-corrected chi connectivity index (χ2v) is 14.9. The maximum Gasteiger partial charge on any atom is 0.331 e. The van der Waals surface area contributed by atoms with Crippen molar-refractivity contribution in [2.45, 2.75) is 49.7 Å². The number of rotatable bonds is 8. The Morgan fingerprint density at radius 1 is 1.04 bits per heavy atom. The molecule has 1 aromatic heterocycles. The summed E-state index contributed by atoms with van der Waals surface area (Å²) in [5, 5.41) is -0.335. The first-order chi connectivity index (χ1) is 21.4. The number of hydrogen-bond donors (Lipinski definition) is 0. The first-order valence-corrected chi connectivity index (χ1v) is 18.2. The Bertz CT molecular complexity index is 1870. The van der Waals surface area contributed by atoms with Crippen LogP contribution >= 0.6 is 23.4 Å². The summed E-state index contributed by atoms with van der Waals surface area (Å²) in [6.07, 6.45) is 6.45. The highest BCUT2D eigenvalue weighted by Crippen LogP contribution is 2.28. The van der Waals surface area contributed by atoms with Gasteiger partial charge in [0, 0.05) is 55.1 Å². The molecule has 1 saturated heterocycles. The van der Waals surface area contributed by atoms with Gasteiger partial charge in [0.1, 0.15) is 22.2 Å². The minimum absolute atomic E-state index is 0.0155. The van der Waals surface area contributed by atoms with E-state index in [1.54, 1.807) is 16.7 Å². The molecule has 240 valence electrons. The lowest BCUT2D eigenvalue weighted by atomic mass is 10.0. The lowest BCUT2D eigenvalue weighted by Gasteiger charge is -2.38. The van der Waals surface area contributed by atoms with Gasteiger partial charge in [-0.25, -0.2) is 17.6 Å². The van der Waals surface area contributed by atoms with Crippen LogP contribution in [-0.4, -0.2) is 83.1 Å². The number of halogens is 2. The van der Waals surface area contributed by atoms with Gasteiger partial charge in [-0.3, -0.25) is 23.5 Å². The predicted molar refractivity (Wildman–Crippen MR) is 172 cm³/mol. The minimum atomic E-state index is -3.54. The highest BCUT2D eigenvalue weighted by atomic mass is 35.5. The van der Waals surface area contributed by atoms with E-state index in [0.29, 0.717) is 38.9 Å². The zero-order valence-corrected chi connectivity index (χ0v) is 27.4. The molecule has 3 aromatic rings. The van der Waals surface area contributed by atoms with Crippen molar-refractivity contribution in [1.82, 2.24) is 18.9 Å². The second kappa shape index (κ2) is 13.5. The van der Waals surface area contributed by atoms with Crippen molar-refractivity contribution < 1.29 is 22.4 Å². The molecule has 0 aliphatic carbocycles. The molecule has 5 rings (SSSR count). The summed E-state index contributed by atoms with van der Waals surface area (Å²) in [7, 11) is -3.54. The van der Waals surface area contributed by atoms with Gasteiger partial charge in [-0.15, -0.1) is 11.8 Å². The van der Waals surface area contributed by atoms with Crippen LogP contribution in [0.25, 0.3) is 11.1 Å². The third-order valence-corrected chi connectivity index (χ3v) is 10.5. The van der Waals surface area contributed by atoms with E-state index in [9.17, 15) is 32.0 Å². The Kier molecular flexibility index (Phi) is 9.90. The Hall–Kier alpha value is -3.42. The van der Waals surface area contributed by atoms with Gasteiger partial charge in [0.15, 0.2) is 0 Å². The Balaban J connectivity index is 1.33. The van der Waals surface area contributed by atoms with Gasteiger partial charge in [0.2, 0.25) is 11.8 Å². The van der Waals surface area contributed by atoms with Crippen LogP contribution in [0.3, 0.4) is 0 Å². The van der Waals surface area contributed by atoms with Crippen molar-refractivity contribution in [2.75, 3.05) is 37.9 Å². The standard InChI is InChI=1S/C31H34ClFN4O6S2/c1-44-23-7-6-20-17-27(38)36(13-8-21(20)16-23)22-9-11-34(12-10-22)28(39)19-35-18-25(24-4-3-5-26(33)29(24)32)30(40)37(31(35)41)14-15-45(2,42)43/h3-7,16,18,22H,8-15,17,19H2,1-2H3. The van der Waals surface area contributed by atoms with Crippen LogP contribution in [0.15, 0.2) is 57.1 Å². The fourth-order valence-electron chi connectivity index (χ4n) is 5.94. The highest BCUT2D eigenvalue weighted by Gasteiger charge is 2.32. The van der Waals surface area contributed by atoms with Gasteiger partial charge in [-0.2, -0.15) is 0 Å². The van der Waals surface area contributed by atoms with Crippen molar-refractivity contribution in [1.29, 1.82) is 0 Å². The topological polar surface area (TPSA) is 119 Å². The van der Waals surface area contributed by atoms with Gasteiger partial charge in [-0.05, 0) is 54.8 Å². The molecule has 0 spiro atoms. The Morgan fingerprint density at radius 3 is 2.47 bits per heavy atom. The molecule has 2 amide bonds. The number of likely N-dealkylation sites (tertiary alicyclic amines) is 1. The zero-order valence-electron chi connectivity index (χ0n) is 25.0. The molecular formula is C31H34ClFN4O6S2. The number of benzene rings is 2. The van der Waals surface area contributed by atoms with Crippen LogP contribution < -0.4 is 11.2 Å². The molecule has 0 atom stereocenters. The Morgan fingerprint density at radius 2 is 1.78 bits per heavy atom. The summed E-state index contributed by atoms with van der Waals surface area (Å²) in [4.78, 5) is 58.0. The third-order valence-electron chi connectivity index (χ3n) is 8.43. The molecule has 2 aliphatic heterocycles. The van der Waals surface area contributed by atoms with Crippen LogP contribution in [0.1, 0.15) is 24.0 Å². The minimum Gasteiger partial charge on any atom is -0.341 e. The van der Waals surface area contributed by atoms with E-state index in [2.05, 4.69) is 6.07 Å². The molecule has 0 radical (unpaired) electrons. The number of carbonyl (C=O) groups excluding carboxylic acids is 2. The molecule has 0 saturated carbocycles. The highest BCUT2D eigenvalue weighted by molar-refractivity contribution is 7.98. The normalized spacial score (nSPS) is 16.0. The maximum absolute atomic E-state index is 14.3. The third kappa shape index (κ3) is 7.36. The first kappa shape index (κ1) is 33.0. The average molecular weight is 677 g/mol. The molecule has 3 heterocycles. The number of carbonyl (C=O) groups is 2. The van der Waals surface area contributed by atoms with Crippen molar-refractivity contribution in [3.63, 3.8) is 0 Å². The van der Waals surface area contributed by atoms with Crippen molar-refractivity contribution in [3.8, 4) is 11.1 Å². The van der Waals surface area contributed by atoms with Gasteiger partial charge in [-0.1, -0.05) is 29.8 Å². The van der Waals surface area contributed by atoms with E-state index in [1.807, 2.05) is 23.3 Å². The van der Waals surface area contributed by atoms with Crippen molar-refractivity contribution in [2.24, 2.45) is 0 Å². The van der Waals surface area contributed by atoms with E-state index < -0.39 is 45.7 Å². The van der Waals surface area contributed by atoms with E-state index in [1.165, 1.54) is 23.9 Å². The quantitative estimate of drug-likeness (QED) is 0.337. The van der Waals surface area contributed by atoms with Crippen LogP contribution in [-0.2, 0) is 45.4 Å². The molecule has 14 heteroatoms. The lowest BCUT2D eigenvalue weighted by molar-refractivity contribution is -0.136. The Labute approximate surface area is 269 Å². The molecule has 0 unspecified atom stereocenters. The summed E-state index contributed by atoms with van der Waals surface area (Å²) in [6, 6.07) is 10.1. The molecule has 1 fully saturated rings. The van der Waals surface area contributed by atoms with Gasteiger partial charge in [0.25, 0.3) is 5.56 Å². The largest absolute Gasteiger partial charge is 0.341 e. The SMILES string of the molecule is CSc1ccc2c(c1)CCN(C1CCN(C(=O)Cn3cc(-c4cccc(F)c4Cl)c(=O)n(CCS(C)(=O)=O)c3=O)CC1)C(=O)C2. The smallest absolute Gasteiger partial charge is 0.331 e. The molecule has 2 aromatic carbocycles. The van der Waals surface area contributed by atoms with E-state index >= 15 is 0 Å². The van der Waals surface area contributed by atoms with Crippen LogP contribution in [0.4, 0.5) is 4.39 Å². The number of aromatic nitrogens is 2. The number of hydrogen-bond acceptors (Lipinski definition) is 7. The molecule has 0 bridgehead atoms. The van der Waals surface area contributed by atoms with Gasteiger partial charge in [0.05, 0.1) is 22.8 Å². The first-order valence-electron chi connectivity index (χ1n) is 14.6. The van der Waals surface area contributed by atoms with Gasteiger partial charge >= 0.3 is 5.69 Å². The maximum atomic E-state index is 14.3. The van der Waals surface area contributed by atoms with Crippen LogP contribution in [0.5, 0.6) is 0 Å². The molecule has 10 nitrogen and oxygen atoms in total. The fraction of sp³-hybridized carbons (Fsp3) is 0.419. The van der Waals surface area contributed by atoms with Gasteiger partial charge < -0.3 is 9.80 Å². The predicted octanol–water partition coefficient (Wildman–Crippen LogP) is 2.85. The monoisotopic (exact) mass is 676 g/mol. The number of fused-ring (bicyclic) bond motifs is 1. The van der Waals surface area contributed by atoms with Crippen molar-refractivity contribution >= 4 is 45.0 Å². The summed E-state index contributed by atoms with van der Waals surface area (Å²) >= 11 is 7.82. The number of amides is 2. The molecule has 45 heavy (non-hydrogen) atoms.